The molecule has 1 atom stereocenters. The molecule has 0 aromatic carbocycles. The van der Waals surface area contributed by atoms with Gasteiger partial charge in [0.15, 0.2) is 0 Å². The topological polar surface area (TPSA) is 57.7 Å². The summed E-state index contributed by atoms with van der Waals surface area (Å²) in [6.07, 6.45) is 3.48. The summed E-state index contributed by atoms with van der Waals surface area (Å²) in [6.45, 7) is 6.53. The van der Waals surface area contributed by atoms with Gasteiger partial charge < -0.3 is 9.80 Å². The van der Waals surface area contributed by atoms with Crippen molar-refractivity contribution in [1.82, 2.24) is 9.80 Å². The van der Waals surface area contributed by atoms with E-state index in [1.807, 2.05) is 0 Å². The maximum Gasteiger partial charge on any atom is 0.302 e. The average Bonchev–Trinajstić information content (AvgIpc) is 2.70. The zero-order chi connectivity index (χ0) is 15.5. The average molecular weight is 320 g/mol. The zero-order valence-corrected chi connectivity index (χ0v) is 13.4. The lowest BCUT2D eigenvalue weighted by molar-refractivity contribution is -0.128. The van der Waals surface area contributed by atoms with E-state index in [-0.39, 0.29) is 18.2 Å². The van der Waals surface area contributed by atoms with Gasteiger partial charge in [0.05, 0.1) is 5.75 Å². The summed E-state index contributed by atoms with van der Waals surface area (Å²) in [6, 6.07) is 0. The van der Waals surface area contributed by atoms with Crippen molar-refractivity contribution in [2.45, 2.75) is 32.6 Å². The Morgan fingerprint density at radius 1 is 1.24 bits per heavy atom. The Morgan fingerprint density at radius 2 is 1.90 bits per heavy atom. The van der Waals surface area contributed by atoms with Crippen molar-refractivity contribution < 1.29 is 17.1 Å². The third-order valence-corrected chi connectivity index (χ3v) is 5.32. The van der Waals surface area contributed by atoms with E-state index in [4.69, 9.17) is 0 Å². The predicted octanol–water partition coefficient (Wildman–Crippen LogP) is 1.26. The van der Waals surface area contributed by atoms with E-state index >= 15 is 0 Å². The highest BCUT2D eigenvalue weighted by Gasteiger charge is 2.34. The highest BCUT2D eigenvalue weighted by atomic mass is 32.3. The van der Waals surface area contributed by atoms with Gasteiger partial charge in [0, 0.05) is 25.4 Å². The molecule has 2 fully saturated rings. The van der Waals surface area contributed by atoms with E-state index in [9.17, 15) is 17.1 Å². The van der Waals surface area contributed by atoms with Gasteiger partial charge in [-0.2, -0.15) is 8.42 Å². The summed E-state index contributed by atoms with van der Waals surface area (Å²) in [4.78, 5) is 16.1. The molecule has 7 heteroatoms. The van der Waals surface area contributed by atoms with Gasteiger partial charge in [0.1, 0.15) is 0 Å². The molecule has 1 amide bonds. The van der Waals surface area contributed by atoms with Gasteiger partial charge in [0.25, 0.3) is 0 Å². The van der Waals surface area contributed by atoms with Gasteiger partial charge in [-0.3, -0.25) is 4.79 Å². The second-order valence-corrected chi connectivity index (χ2v) is 7.77. The van der Waals surface area contributed by atoms with Crippen LogP contribution in [0.3, 0.4) is 0 Å². The molecule has 1 unspecified atom stereocenters. The molecule has 2 aliphatic rings. The molecular formula is C14H25FN2O3S. The van der Waals surface area contributed by atoms with Crippen molar-refractivity contribution in [3.8, 4) is 0 Å². The highest BCUT2D eigenvalue weighted by Crippen LogP contribution is 2.24. The molecule has 0 N–H and O–H groups in total. The van der Waals surface area contributed by atoms with Crippen LogP contribution in [0.25, 0.3) is 0 Å². The first-order valence-corrected chi connectivity index (χ1v) is 9.35. The van der Waals surface area contributed by atoms with Gasteiger partial charge in [-0.25, -0.2) is 0 Å². The summed E-state index contributed by atoms with van der Waals surface area (Å²) < 4.78 is 34.1. The molecule has 0 radical (unpaired) electrons. The predicted molar refractivity (Wildman–Crippen MR) is 79.0 cm³/mol. The second-order valence-electron chi connectivity index (χ2n) is 6.36. The number of carbonyl (C=O) groups is 1. The molecule has 5 nitrogen and oxygen atoms in total. The highest BCUT2D eigenvalue weighted by molar-refractivity contribution is 7.86. The lowest BCUT2D eigenvalue weighted by Gasteiger charge is -2.33. The first-order chi connectivity index (χ1) is 9.87. The molecule has 2 heterocycles. The van der Waals surface area contributed by atoms with Crippen molar-refractivity contribution in [2.75, 3.05) is 38.5 Å². The fourth-order valence-corrected chi connectivity index (χ4v) is 4.23. The monoisotopic (exact) mass is 320 g/mol. The van der Waals surface area contributed by atoms with Crippen molar-refractivity contribution in [2.24, 2.45) is 11.8 Å². The minimum absolute atomic E-state index is 0.0281. The molecule has 0 aromatic rings. The van der Waals surface area contributed by atoms with E-state index in [1.54, 1.807) is 4.90 Å². The number of halogens is 1. The van der Waals surface area contributed by atoms with Crippen LogP contribution < -0.4 is 0 Å². The van der Waals surface area contributed by atoms with Crippen molar-refractivity contribution in [1.29, 1.82) is 0 Å². The number of rotatable bonds is 6. The standard InChI is InChI=1S/C14H25FN2O3S/c1-2-5-16-6-3-12(4-7-16)9-17-10-13(8-14(17)18)11-21(15,19)20/h12-13H,2-11H2,1H3. The Labute approximate surface area is 126 Å². The molecule has 21 heavy (non-hydrogen) atoms. The van der Waals surface area contributed by atoms with Gasteiger partial charge in [0.2, 0.25) is 5.91 Å². The molecule has 0 aromatic heterocycles. The summed E-state index contributed by atoms with van der Waals surface area (Å²) in [7, 11) is -4.49. The number of amides is 1. The maximum absolute atomic E-state index is 12.7. The molecule has 122 valence electrons. The number of piperidine rings is 1. The minimum Gasteiger partial charge on any atom is -0.342 e. The van der Waals surface area contributed by atoms with Crippen LogP contribution in [0.4, 0.5) is 3.89 Å². The molecule has 0 spiro atoms. The fraction of sp³-hybridized carbons (Fsp3) is 0.929. The van der Waals surface area contributed by atoms with E-state index < -0.39 is 16.0 Å². The normalized spacial score (nSPS) is 25.7. The first kappa shape index (κ1) is 16.7. The lowest BCUT2D eigenvalue weighted by Crippen LogP contribution is -2.39. The molecule has 0 saturated carbocycles. The van der Waals surface area contributed by atoms with Crippen LogP contribution >= 0.6 is 0 Å². The van der Waals surface area contributed by atoms with Gasteiger partial charge >= 0.3 is 10.2 Å². The van der Waals surface area contributed by atoms with Crippen molar-refractivity contribution >= 4 is 16.1 Å². The Balaban J connectivity index is 1.78. The zero-order valence-electron chi connectivity index (χ0n) is 12.6. The van der Waals surface area contributed by atoms with Crippen LogP contribution in [-0.2, 0) is 15.0 Å². The lowest BCUT2D eigenvalue weighted by atomic mass is 9.96. The van der Waals surface area contributed by atoms with E-state index in [0.29, 0.717) is 19.0 Å². The molecule has 0 bridgehead atoms. The molecule has 2 aliphatic heterocycles. The SMILES string of the molecule is CCCN1CCC(CN2CC(CS(=O)(=O)F)CC2=O)CC1. The third-order valence-electron chi connectivity index (χ3n) is 4.45. The smallest absolute Gasteiger partial charge is 0.302 e. The maximum atomic E-state index is 12.7. The van der Waals surface area contributed by atoms with Crippen LogP contribution in [0.15, 0.2) is 0 Å². The Morgan fingerprint density at radius 3 is 2.48 bits per heavy atom. The summed E-state index contributed by atoms with van der Waals surface area (Å²) in [5.41, 5.74) is 0. The summed E-state index contributed by atoms with van der Waals surface area (Å²) in [5, 5.41) is 0. The van der Waals surface area contributed by atoms with Crippen LogP contribution in [0.2, 0.25) is 0 Å². The number of carbonyl (C=O) groups excluding carboxylic acids is 1. The van der Waals surface area contributed by atoms with Crippen LogP contribution in [0, 0.1) is 11.8 Å². The number of hydrogen-bond acceptors (Lipinski definition) is 4. The Hall–Kier alpha value is -0.690. The molecule has 2 saturated heterocycles. The molecule has 0 aliphatic carbocycles. The van der Waals surface area contributed by atoms with Crippen LogP contribution in [0.1, 0.15) is 32.6 Å². The third kappa shape index (κ3) is 5.21. The summed E-state index contributed by atoms with van der Waals surface area (Å²) >= 11 is 0. The number of nitrogens with zero attached hydrogens (tertiary/aromatic N) is 2. The fourth-order valence-electron chi connectivity index (χ4n) is 3.44. The van der Waals surface area contributed by atoms with E-state index in [2.05, 4.69) is 11.8 Å². The summed E-state index contributed by atoms with van der Waals surface area (Å²) in [5.74, 6) is -0.445. The van der Waals surface area contributed by atoms with Gasteiger partial charge in [-0.15, -0.1) is 3.89 Å². The van der Waals surface area contributed by atoms with Crippen molar-refractivity contribution in [3.63, 3.8) is 0 Å². The molecule has 2 rings (SSSR count). The van der Waals surface area contributed by atoms with E-state index in [0.717, 1.165) is 38.9 Å². The largest absolute Gasteiger partial charge is 0.342 e. The molecular weight excluding hydrogens is 295 g/mol. The minimum atomic E-state index is -4.49. The quantitative estimate of drug-likeness (QED) is 0.691. The second kappa shape index (κ2) is 7.05. The number of likely N-dealkylation sites (tertiary alicyclic amines) is 2. The van der Waals surface area contributed by atoms with Gasteiger partial charge in [-0.05, 0) is 44.8 Å². The van der Waals surface area contributed by atoms with Crippen molar-refractivity contribution in [3.05, 3.63) is 0 Å². The number of hydrogen-bond donors (Lipinski definition) is 0. The Bertz CT molecular complexity index is 461. The first-order valence-electron chi connectivity index (χ1n) is 7.80. The Kier molecular flexibility index (Phi) is 5.60. The van der Waals surface area contributed by atoms with E-state index in [1.165, 1.54) is 0 Å². The van der Waals surface area contributed by atoms with Gasteiger partial charge in [-0.1, -0.05) is 6.92 Å². The van der Waals surface area contributed by atoms with Crippen LogP contribution in [-0.4, -0.2) is 62.6 Å². The van der Waals surface area contributed by atoms with Crippen LogP contribution in [0.5, 0.6) is 0 Å².